The van der Waals surface area contributed by atoms with Gasteiger partial charge in [-0.2, -0.15) is 0 Å². The van der Waals surface area contributed by atoms with Crippen molar-refractivity contribution in [2.45, 2.75) is 52.4 Å². The number of aromatic nitrogens is 2. The zero-order chi connectivity index (χ0) is 104. The molecule has 3 aromatic heterocycles. The minimum absolute atomic E-state index is 0.175. The van der Waals surface area contributed by atoms with Crippen LogP contribution in [0.15, 0.2) is 381 Å². The topological polar surface area (TPSA) is 16.3 Å². The second-order valence-electron chi connectivity index (χ2n) is 31.2. The molecule has 20 aromatic rings. The second kappa shape index (κ2) is 27.1. The van der Waals surface area contributed by atoms with Crippen molar-refractivity contribution in [3.63, 3.8) is 0 Å². The third kappa shape index (κ3) is 11.3. The maximum absolute atomic E-state index is 12.1. The van der Waals surface area contributed by atoms with Gasteiger partial charge in [0.25, 0.3) is 0 Å². The number of anilines is 6. The number of fused-ring (bicyclic) bond motifs is 13. The van der Waals surface area contributed by atoms with E-state index in [1.54, 1.807) is 0 Å². The molecule has 0 bridgehead atoms. The first-order chi connectivity index (χ1) is 69.3. The summed E-state index contributed by atoms with van der Waals surface area (Å²) in [5.74, 6) is 0. The van der Waals surface area contributed by atoms with Gasteiger partial charge in [-0.1, -0.05) is 223 Å². The van der Waals surface area contributed by atoms with E-state index in [-0.39, 0.29) is 53.6 Å². The van der Waals surface area contributed by atoms with Gasteiger partial charge in [-0.25, -0.2) is 0 Å². The Morgan fingerprint density at radius 1 is 0.276 bits per heavy atom. The van der Waals surface area contributed by atoms with Crippen molar-refractivity contribution in [3.8, 4) is 89.3 Å². The van der Waals surface area contributed by atoms with Crippen molar-refractivity contribution < 1.29 is 41.1 Å². The fraction of sp³-hybridized carbons (Fsp3) is 0.0727. The van der Waals surface area contributed by atoms with E-state index < -0.39 is 276 Å². The van der Waals surface area contributed by atoms with E-state index in [9.17, 15) is 32.9 Å². The standard InChI is InChI=1S/C110H81BN4Se/c1-109(2,3)80-64-87(72-35-17-9-18-36-72)107(88(65-80)73-37-19-10-20-38-73)114-100-68-82(112-96-46-28-25-43-84(96)91-59-76(49-56-98(91)112)70-31-13-7-14-32-70)52-54-94(100)111-95-55-53-83(113-97-47-29-26-44-85(97)92-60-77(50-57-99(92)113)71-33-15-8-16-34-71)69-101(95)115(103-63-79(62-102(114)106(103)111)78-51-58-105-93(61-78)86-45-27-30-48-104(86)116-105)108-89(74-39-21-11-22-40-74)66-81(110(4,5)6)67-90(108)75-41-23-12-24-42-75/h7-69H,1-6H3/i7D,8D,13D,14D,15D,16D,25D,26D,28D,29D,31D,32D,33D,34D,43D,44D,46D,47D,49D,50D,52D,53D,54D,55D,56D,57D,59D,60D,68D,69D. The average Bonchev–Trinajstić information content (AvgIpc) is 1.14. The molecule has 2 aliphatic rings. The van der Waals surface area contributed by atoms with Crippen molar-refractivity contribution in [2.75, 3.05) is 9.80 Å². The molecule has 0 N–H and O–H groups in total. The van der Waals surface area contributed by atoms with E-state index in [2.05, 4.69) is 65.8 Å². The molecule has 5 heterocycles. The number of rotatable bonds is 11. The van der Waals surface area contributed by atoms with E-state index in [1.165, 1.54) is 0 Å². The van der Waals surface area contributed by atoms with E-state index >= 15 is 0 Å². The van der Waals surface area contributed by atoms with Crippen LogP contribution in [0.2, 0.25) is 0 Å². The van der Waals surface area contributed by atoms with Gasteiger partial charge in [0.05, 0.1) is 57.7 Å². The zero-order valence-corrected chi connectivity index (χ0v) is 65.0. The third-order valence-electron chi connectivity index (χ3n) is 22.3. The summed E-state index contributed by atoms with van der Waals surface area (Å²) in [6, 6.07) is 37.9. The molecule has 0 amide bonds. The summed E-state index contributed by atoms with van der Waals surface area (Å²) in [7, 11) is 0. The van der Waals surface area contributed by atoms with Crippen molar-refractivity contribution in [3.05, 3.63) is 393 Å². The van der Waals surface area contributed by atoms with Gasteiger partial charge in [0.1, 0.15) is 0 Å². The smallest absolute Gasteiger partial charge is 0.0622 e. The van der Waals surface area contributed by atoms with Crippen molar-refractivity contribution >= 4 is 135 Å². The number of nitrogens with zero attached hydrogens (tertiary/aromatic N) is 4. The molecular weight excluding hydrogens is 1470 g/mol. The molecule has 0 aliphatic carbocycles. The molecule has 0 saturated carbocycles. The van der Waals surface area contributed by atoms with Gasteiger partial charge < -0.3 is 0 Å². The summed E-state index contributed by atoms with van der Waals surface area (Å²) < 4.78 is 305. The van der Waals surface area contributed by atoms with Crippen LogP contribution < -0.4 is 26.2 Å². The molecule has 0 unspecified atom stereocenters. The van der Waals surface area contributed by atoms with Gasteiger partial charge in [-0.15, -0.1) is 0 Å². The Balaban J connectivity index is 1.01. The van der Waals surface area contributed by atoms with Crippen LogP contribution in [0.4, 0.5) is 34.1 Å². The van der Waals surface area contributed by atoms with Crippen molar-refractivity contribution in [2.24, 2.45) is 0 Å². The second-order valence-corrected chi connectivity index (χ2v) is 33.5. The molecule has 4 nitrogen and oxygen atoms in total. The summed E-state index contributed by atoms with van der Waals surface area (Å²) in [6.45, 7) is 10.5. The molecule has 0 atom stereocenters. The first-order valence-corrected chi connectivity index (χ1v) is 39.8. The van der Waals surface area contributed by atoms with Crippen molar-refractivity contribution in [1.82, 2.24) is 9.13 Å². The molecule has 17 aromatic carbocycles. The fourth-order valence-corrected chi connectivity index (χ4v) is 19.0. The summed E-state index contributed by atoms with van der Waals surface area (Å²) >= 11 is -0.200. The molecule has 2 aliphatic heterocycles. The Kier molecular flexibility index (Phi) is 10.5. The SMILES string of the molecule is [2H]c1c([2H])c([2H])c(-c2c([2H])c([2H])c3c(c2[2H])c2c([2H])c([2H])c([2H])c([2H])c2n3-c2c([2H])c([2H])c3c(c2[2H])N(c2c(-c4ccccc4)cc(C(C)(C)C)cc2-c2ccccc2)c2cc(-c4ccc5[se]c6ccccc6c5c4)cc4c2B3c2c([2H])c([2H])c(-n3c5c([2H])c([2H])c([2H])c([2H])c5c5c([2H])c(-c6c([2H])c([2H])c([2H])c([2H])c6[2H])c([2H])c([2H])c53)c([2H])c2N4c2c(-c3ccccc3)cc(C(C)(C)C)cc2-c2ccccc2)c([2H])c1[2H]. The third-order valence-corrected chi connectivity index (χ3v) is 24.7. The predicted octanol–water partition coefficient (Wildman–Crippen LogP) is 27.6. The molecule has 550 valence electrons. The molecular formula is C110H81BN4Se. The van der Waals surface area contributed by atoms with Crippen LogP contribution in [-0.2, 0) is 10.8 Å². The minimum atomic E-state index is -1.84. The summed E-state index contributed by atoms with van der Waals surface area (Å²) in [5.41, 5.74) is -0.963. The Morgan fingerprint density at radius 3 is 1.09 bits per heavy atom. The minimum Gasteiger partial charge on any atom is -0.0622 e. The average molecular weight is 1580 g/mol. The van der Waals surface area contributed by atoms with Crippen LogP contribution in [0.5, 0.6) is 0 Å². The van der Waals surface area contributed by atoms with Crippen LogP contribution in [0.3, 0.4) is 0 Å². The number of hydrogen-bond acceptors (Lipinski definition) is 2. The maximum atomic E-state index is 12.1. The van der Waals surface area contributed by atoms with E-state index in [0.717, 1.165) is 39.6 Å². The number of hydrogen-bond donors (Lipinski definition) is 0. The van der Waals surface area contributed by atoms with Gasteiger partial charge in [0.2, 0.25) is 0 Å². The predicted molar refractivity (Wildman–Crippen MR) is 497 cm³/mol. The first-order valence-electron chi connectivity index (χ1n) is 53.1. The molecule has 0 spiro atoms. The quantitative estimate of drug-likeness (QED) is 0.120. The van der Waals surface area contributed by atoms with E-state index in [0.29, 0.717) is 67.0 Å². The zero-order valence-electron chi connectivity index (χ0n) is 93.3. The van der Waals surface area contributed by atoms with Crippen LogP contribution in [0.25, 0.3) is 152 Å². The summed E-state index contributed by atoms with van der Waals surface area (Å²) in [6.07, 6.45) is 0. The van der Waals surface area contributed by atoms with Crippen LogP contribution >= 0.6 is 0 Å². The molecule has 6 heteroatoms. The fourth-order valence-electron chi connectivity index (χ4n) is 16.7. The summed E-state index contributed by atoms with van der Waals surface area (Å²) in [4.78, 5) is 3.65. The normalized spacial score (nSPS) is 16.3. The summed E-state index contributed by atoms with van der Waals surface area (Å²) in [5, 5.41) is -0.295. The Bertz CT molecular complexity index is 8630. The molecule has 0 saturated heterocycles. The monoisotopic (exact) mass is 1580 g/mol. The van der Waals surface area contributed by atoms with Gasteiger partial charge in [0.15, 0.2) is 0 Å². The molecule has 0 radical (unpaired) electrons. The van der Waals surface area contributed by atoms with Crippen molar-refractivity contribution in [1.29, 1.82) is 0 Å². The van der Waals surface area contributed by atoms with E-state index in [4.69, 9.17) is 8.22 Å². The molecule has 116 heavy (non-hydrogen) atoms. The Hall–Kier alpha value is -13.5. The van der Waals surface area contributed by atoms with Gasteiger partial charge in [-0.3, -0.25) is 0 Å². The van der Waals surface area contributed by atoms with Crippen LogP contribution in [0.1, 0.15) is 93.8 Å². The van der Waals surface area contributed by atoms with Gasteiger partial charge in [0, 0.05) is 21.5 Å². The van der Waals surface area contributed by atoms with Gasteiger partial charge in [-0.05, 0) is 69.3 Å². The molecule has 0 fully saturated rings. The first kappa shape index (κ1) is 44.8. The van der Waals surface area contributed by atoms with Gasteiger partial charge >= 0.3 is 357 Å². The number of benzene rings is 17. The number of para-hydroxylation sites is 2. The molecule has 22 rings (SSSR count). The Labute approximate surface area is 725 Å². The van der Waals surface area contributed by atoms with Crippen LogP contribution in [-0.4, -0.2) is 30.4 Å². The van der Waals surface area contributed by atoms with E-state index in [1.807, 2.05) is 186 Å². The Morgan fingerprint density at radius 2 is 0.664 bits per heavy atom. The van der Waals surface area contributed by atoms with Crippen LogP contribution in [0, 0.1) is 0 Å².